The van der Waals surface area contributed by atoms with E-state index in [2.05, 4.69) is 31.8 Å². The minimum atomic E-state index is -0.620. The predicted molar refractivity (Wildman–Crippen MR) is 70.1 cm³/mol. The van der Waals surface area contributed by atoms with E-state index in [4.69, 9.17) is 15.7 Å². The van der Waals surface area contributed by atoms with E-state index >= 15 is 0 Å². The van der Waals surface area contributed by atoms with Crippen LogP contribution in [0.15, 0.2) is 23.2 Å². The lowest BCUT2D eigenvalue weighted by Gasteiger charge is -2.13. The topological polar surface area (TPSA) is 0 Å². The third-order valence-corrected chi connectivity index (χ3v) is 1.81. The molecule has 0 aliphatic rings. The normalized spacial score (nSPS) is 16.5. The van der Waals surface area contributed by atoms with Crippen molar-refractivity contribution in [3.63, 3.8) is 0 Å². The van der Waals surface area contributed by atoms with Crippen molar-refractivity contribution in [1.29, 1.82) is 0 Å². The molecule has 15 heavy (non-hydrogen) atoms. The summed E-state index contributed by atoms with van der Waals surface area (Å²) < 4.78 is 0. The standard InChI is InChI=1S/C13H18B2/c1-5-7-11(2)8-6-9-13(4,15)10-12(3)14/h7,10H,5,8H2,1-4H3/b11-7-,12-10+. The highest BCUT2D eigenvalue weighted by Gasteiger charge is 2.08. The quantitative estimate of drug-likeness (QED) is 0.369. The summed E-state index contributed by atoms with van der Waals surface area (Å²) in [5, 5.41) is -0.620. The highest BCUT2D eigenvalue weighted by Crippen LogP contribution is 2.21. The van der Waals surface area contributed by atoms with Gasteiger partial charge in [-0.2, -0.15) is 0 Å². The zero-order valence-electron chi connectivity index (χ0n) is 10.2. The number of allylic oxidation sites excluding steroid dienone is 4. The summed E-state index contributed by atoms with van der Waals surface area (Å²) >= 11 is 0. The first-order valence-corrected chi connectivity index (χ1v) is 5.27. The van der Waals surface area contributed by atoms with Crippen molar-refractivity contribution >= 4 is 15.7 Å². The lowest BCUT2D eigenvalue weighted by atomic mass is 9.68. The molecule has 0 aliphatic carbocycles. The second kappa shape index (κ2) is 6.62. The fourth-order valence-corrected chi connectivity index (χ4v) is 1.30. The van der Waals surface area contributed by atoms with Crippen LogP contribution in [0.2, 0.25) is 5.31 Å². The van der Waals surface area contributed by atoms with Crippen molar-refractivity contribution in [3.05, 3.63) is 23.2 Å². The molecule has 76 valence electrons. The molecular weight excluding hydrogens is 178 g/mol. The van der Waals surface area contributed by atoms with Crippen LogP contribution in [0.5, 0.6) is 0 Å². The fourth-order valence-electron chi connectivity index (χ4n) is 1.30. The summed E-state index contributed by atoms with van der Waals surface area (Å²) in [6.45, 7) is 7.87. The molecule has 0 N–H and O–H groups in total. The first-order valence-electron chi connectivity index (χ1n) is 5.27. The molecule has 0 saturated heterocycles. The lowest BCUT2D eigenvalue weighted by Crippen LogP contribution is -2.01. The van der Waals surface area contributed by atoms with E-state index in [1.165, 1.54) is 5.57 Å². The van der Waals surface area contributed by atoms with E-state index in [0.717, 1.165) is 12.8 Å². The monoisotopic (exact) mass is 196 g/mol. The Bertz CT molecular complexity index is 307. The van der Waals surface area contributed by atoms with Gasteiger partial charge >= 0.3 is 0 Å². The molecule has 0 fully saturated rings. The summed E-state index contributed by atoms with van der Waals surface area (Å²) in [6.07, 6.45) is 5.78. The van der Waals surface area contributed by atoms with Crippen LogP contribution in [0, 0.1) is 11.8 Å². The molecule has 4 radical (unpaired) electrons. The summed E-state index contributed by atoms with van der Waals surface area (Å²) in [5.41, 5.74) is 1.99. The molecule has 0 rings (SSSR count). The van der Waals surface area contributed by atoms with Crippen molar-refractivity contribution in [2.45, 2.75) is 45.9 Å². The Hall–Kier alpha value is -0.830. The highest BCUT2D eigenvalue weighted by atomic mass is 14.0. The molecule has 0 bridgehead atoms. The van der Waals surface area contributed by atoms with Crippen LogP contribution in [0.25, 0.3) is 0 Å². The molecule has 0 saturated carbocycles. The highest BCUT2D eigenvalue weighted by molar-refractivity contribution is 6.24. The Morgan fingerprint density at radius 2 is 2.00 bits per heavy atom. The van der Waals surface area contributed by atoms with Crippen LogP contribution in [-0.2, 0) is 0 Å². The molecule has 0 heterocycles. The summed E-state index contributed by atoms with van der Waals surface area (Å²) in [7, 11) is 11.5. The minimum Gasteiger partial charge on any atom is -0.124 e. The minimum absolute atomic E-state index is 0.620. The van der Waals surface area contributed by atoms with Gasteiger partial charge in [0.15, 0.2) is 0 Å². The van der Waals surface area contributed by atoms with Gasteiger partial charge in [0.2, 0.25) is 0 Å². The molecule has 0 aromatic heterocycles. The van der Waals surface area contributed by atoms with Gasteiger partial charge in [-0.1, -0.05) is 44.4 Å². The maximum Gasteiger partial charge on any atom is 0.106 e. The van der Waals surface area contributed by atoms with Crippen LogP contribution in [0.1, 0.15) is 40.5 Å². The number of rotatable bonds is 3. The van der Waals surface area contributed by atoms with Crippen LogP contribution in [-0.4, -0.2) is 15.7 Å². The molecule has 0 aromatic rings. The molecule has 1 unspecified atom stereocenters. The maximum atomic E-state index is 5.93. The summed E-state index contributed by atoms with van der Waals surface area (Å²) in [4.78, 5) is 0. The van der Waals surface area contributed by atoms with Crippen molar-refractivity contribution in [3.8, 4) is 11.8 Å². The molecule has 0 aromatic carbocycles. The molecular formula is C13H18B2. The second-order valence-electron chi connectivity index (χ2n) is 4.11. The van der Waals surface area contributed by atoms with E-state index in [0.29, 0.717) is 5.47 Å². The van der Waals surface area contributed by atoms with E-state index in [1.807, 2.05) is 13.8 Å². The first kappa shape index (κ1) is 14.2. The maximum absolute atomic E-state index is 5.93. The Labute approximate surface area is 97.0 Å². The SMILES string of the molecule is [B]/C(C)=C/C([B])(C)C#CC/C(C)=C\CC. The molecule has 0 nitrogen and oxygen atoms in total. The molecule has 2 heteroatoms. The average Bonchev–Trinajstić information content (AvgIpc) is 2.01. The van der Waals surface area contributed by atoms with Crippen molar-refractivity contribution in [2.75, 3.05) is 0 Å². The smallest absolute Gasteiger partial charge is 0.106 e. The fraction of sp³-hybridized carbons (Fsp3) is 0.538. The van der Waals surface area contributed by atoms with Gasteiger partial charge in [0.25, 0.3) is 0 Å². The zero-order valence-corrected chi connectivity index (χ0v) is 10.2. The Balaban J connectivity index is 4.41. The molecule has 0 spiro atoms. The molecule has 0 amide bonds. The Morgan fingerprint density at radius 1 is 1.40 bits per heavy atom. The van der Waals surface area contributed by atoms with E-state index in [-0.39, 0.29) is 0 Å². The summed E-state index contributed by atoms with van der Waals surface area (Å²) in [5.74, 6) is 6.08. The number of hydrogen-bond donors (Lipinski definition) is 0. The van der Waals surface area contributed by atoms with Crippen molar-refractivity contribution in [2.24, 2.45) is 0 Å². The van der Waals surface area contributed by atoms with Gasteiger partial charge in [-0.3, -0.25) is 0 Å². The molecule has 1 atom stereocenters. The zero-order chi connectivity index (χ0) is 11.9. The van der Waals surface area contributed by atoms with Crippen LogP contribution < -0.4 is 0 Å². The van der Waals surface area contributed by atoms with Gasteiger partial charge in [-0.25, -0.2) is 0 Å². The number of hydrogen-bond acceptors (Lipinski definition) is 0. The third-order valence-electron chi connectivity index (χ3n) is 1.81. The van der Waals surface area contributed by atoms with Crippen LogP contribution in [0.4, 0.5) is 0 Å². The van der Waals surface area contributed by atoms with Gasteiger partial charge in [0.05, 0.1) is 7.85 Å². The first-order chi connectivity index (χ1) is 6.87. The van der Waals surface area contributed by atoms with Gasteiger partial charge in [0.1, 0.15) is 7.85 Å². The van der Waals surface area contributed by atoms with E-state index < -0.39 is 5.31 Å². The van der Waals surface area contributed by atoms with E-state index in [9.17, 15) is 0 Å². The average molecular weight is 196 g/mol. The second-order valence-corrected chi connectivity index (χ2v) is 4.11. The van der Waals surface area contributed by atoms with Crippen LogP contribution in [0.3, 0.4) is 0 Å². The third kappa shape index (κ3) is 8.18. The van der Waals surface area contributed by atoms with Gasteiger partial charge < -0.3 is 0 Å². The predicted octanol–water partition coefficient (Wildman–Crippen LogP) is 3.16. The lowest BCUT2D eigenvalue weighted by molar-refractivity contribution is 0.997. The van der Waals surface area contributed by atoms with Crippen molar-refractivity contribution < 1.29 is 0 Å². The molecule has 0 aliphatic heterocycles. The van der Waals surface area contributed by atoms with Crippen molar-refractivity contribution in [1.82, 2.24) is 0 Å². The Morgan fingerprint density at radius 3 is 2.47 bits per heavy atom. The van der Waals surface area contributed by atoms with Gasteiger partial charge in [-0.05, 0) is 13.3 Å². The summed E-state index contributed by atoms with van der Waals surface area (Å²) in [6, 6.07) is 0. The van der Waals surface area contributed by atoms with Gasteiger partial charge in [0, 0.05) is 11.7 Å². The Kier molecular flexibility index (Phi) is 6.25. The van der Waals surface area contributed by atoms with E-state index in [1.54, 1.807) is 6.08 Å². The van der Waals surface area contributed by atoms with Gasteiger partial charge in [-0.15, -0.1) is 11.4 Å². The largest absolute Gasteiger partial charge is 0.124 e. The van der Waals surface area contributed by atoms with Crippen LogP contribution >= 0.6 is 0 Å².